The summed E-state index contributed by atoms with van der Waals surface area (Å²) in [5.41, 5.74) is 1.26. The van der Waals surface area contributed by atoms with E-state index in [-0.39, 0.29) is 11.3 Å². The number of carbonyl (C=O) groups is 3. The Morgan fingerprint density at radius 2 is 1.57 bits per heavy atom. The Kier molecular flexibility index (Phi) is 3.57. The molecule has 2 amide bonds. The predicted octanol–water partition coefficient (Wildman–Crippen LogP) is 2.28. The van der Waals surface area contributed by atoms with Crippen LogP contribution in [0.2, 0.25) is 0 Å². The van der Waals surface area contributed by atoms with Crippen LogP contribution in [0.4, 0.5) is 5.69 Å². The molecule has 0 fully saturated rings. The molecule has 0 aromatic heterocycles. The first-order chi connectivity index (χ1) is 11.1. The second-order valence-electron chi connectivity index (χ2n) is 4.87. The van der Waals surface area contributed by atoms with E-state index in [0.29, 0.717) is 16.8 Å². The molecule has 0 spiro atoms. The van der Waals surface area contributed by atoms with Crippen molar-refractivity contribution in [1.29, 1.82) is 0 Å². The van der Waals surface area contributed by atoms with Gasteiger partial charge in [-0.3, -0.25) is 9.59 Å². The molecule has 23 heavy (non-hydrogen) atoms. The lowest BCUT2D eigenvalue weighted by molar-refractivity contribution is 0.0597. The Bertz CT molecular complexity index is 792. The van der Waals surface area contributed by atoms with Gasteiger partial charge in [0.2, 0.25) is 0 Å². The second kappa shape index (κ2) is 5.57. The van der Waals surface area contributed by atoms with E-state index in [1.807, 2.05) is 0 Å². The number of esters is 1. The van der Waals surface area contributed by atoms with Gasteiger partial charge >= 0.3 is 5.97 Å². The SMILES string of the molecule is COC(=O)c1ccc(N2C(=O)c3ccccc3C2=O)cc1OC. The largest absolute Gasteiger partial charge is 0.496 e. The van der Waals surface area contributed by atoms with Crippen molar-refractivity contribution in [2.45, 2.75) is 0 Å². The topological polar surface area (TPSA) is 72.9 Å². The Hall–Kier alpha value is -3.15. The van der Waals surface area contributed by atoms with Crippen LogP contribution < -0.4 is 9.64 Å². The zero-order valence-electron chi connectivity index (χ0n) is 12.5. The monoisotopic (exact) mass is 311 g/mol. The Morgan fingerprint density at radius 3 is 2.09 bits per heavy atom. The Morgan fingerprint density at radius 1 is 0.957 bits per heavy atom. The number of benzene rings is 2. The van der Waals surface area contributed by atoms with Gasteiger partial charge in [-0.1, -0.05) is 12.1 Å². The summed E-state index contributed by atoms with van der Waals surface area (Å²) >= 11 is 0. The van der Waals surface area contributed by atoms with Gasteiger partial charge in [-0.25, -0.2) is 9.69 Å². The van der Waals surface area contributed by atoms with Crippen molar-refractivity contribution in [3.63, 3.8) is 0 Å². The molecule has 3 rings (SSSR count). The molecule has 1 aliphatic rings. The van der Waals surface area contributed by atoms with Crippen molar-refractivity contribution >= 4 is 23.5 Å². The summed E-state index contributed by atoms with van der Waals surface area (Å²) in [5.74, 6) is -1.14. The lowest BCUT2D eigenvalue weighted by atomic mass is 10.1. The van der Waals surface area contributed by atoms with Crippen molar-refractivity contribution in [1.82, 2.24) is 0 Å². The molecule has 1 heterocycles. The van der Waals surface area contributed by atoms with Crippen molar-refractivity contribution < 1.29 is 23.9 Å². The molecule has 6 heteroatoms. The zero-order valence-corrected chi connectivity index (χ0v) is 12.5. The van der Waals surface area contributed by atoms with Crippen molar-refractivity contribution in [3.05, 3.63) is 59.2 Å². The number of hydrogen-bond acceptors (Lipinski definition) is 5. The van der Waals surface area contributed by atoms with Gasteiger partial charge in [-0.15, -0.1) is 0 Å². The minimum absolute atomic E-state index is 0.218. The van der Waals surface area contributed by atoms with Gasteiger partial charge in [0.15, 0.2) is 0 Å². The van der Waals surface area contributed by atoms with Crippen LogP contribution in [-0.2, 0) is 4.74 Å². The van der Waals surface area contributed by atoms with Crippen LogP contribution in [0.15, 0.2) is 42.5 Å². The van der Waals surface area contributed by atoms with Crippen LogP contribution in [0.5, 0.6) is 5.75 Å². The highest BCUT2D eigenvalue weighted by Crippen LogP contribution is 2.32. The number of fused-ring (bicyclic) bond motifs is 1. The fourth-order valence-electron chi connectivity index (χ4n) is 2.52. The molecule has 0 radical (unpaired) electrons. The Labute approximate surface area is 132 Å². The van der Waals surface area contributed by atoms with Gasteiger partial charge in [0, 0.05) is 6.07 Å². The standard InChI is InChI=1S/C17H13NO5/c1-22-14-9-10(7-8-13(14)17(21)23-2)18-15(19)11-5-3-4-6-12(11)16(18)20/h3-9H,1-2H3. The second-order valence-corrected chi connectivity index (χ2v) is 4.87. The van der Waals surface area contributed by atoms with Crippen molar-refractivity contribution in [2.75, 3.05) is 19.1 Å². The summed E-state index contributed by atoms with van der Waals surface area (Å²) in [6.45, 7) is 0. The summed E-state index contributed by atoms with van der Waals surface area (Å²) in [6, 6.07) is 11.1. The Balaban J connectivity index is 2.05. The number of methoxy groups -OCH3 is 2. The van der Waals surface area contributed by atoms with E-state index in [1.165, 1.54) is 32.4 Å². The number of ether oxygens (including phenoxy) is 2. The molecule has 0 N–H and O–H groups in total. The molecule has 0 atom stereocenters. The van der Waals surface area contributed by atoms with E-state index in [2.05, 4.69) is 4.74 Å². The average Bonchev–Trinajstić information content (AvgIpc) is 2.85. The van der Waals surface area contributed by atoms with Crippen LogP contribution in [0.3, 0.4) is 0 Å². The predicted molar refractivity (Wildman–Crippen MR) is 81.9 cm³/mol. The number of nitrogens with zero attached hydrogens (tertiary/aromatic N) is 1. The minimum Gasteiger partial charge on any atom is -0.496 e. The fraction of sp³-hybridized carbons (Fsp3) is 0.118. The first kappa shape index (κ1) is 14.8. The van der Waals surface area contributed by atoms with E-state index in [0.717, 1.165) is 4.90 Å². The highest BCUT2D eigenvalue weighted by Gasteiger charge is 2.36. The van der Waals surface area contributed by atoms with E-state index in [4.69, 9.17) is 4.74 Å². The van der Waals surface area contributed by atoms with Crippen LogP contribution in [0.25, 0.3) is 0 Å². The molecule has 6 nitrogen and oxygen atoms in total. The van der Waals surface area contributed by atoms with E-state index < -0.39 is 17.8 Å². The lowest BCUT2D eigenvalue weighted by Crippen LogP contribution is -2.29. The van der Waals surface area contributed by atoms with Crippen molar-refractivity contribution in [2.24, 2.45) is 0 Å². The third-order valence-electron chi connectivity index (χ3n) is 3.64. The molecule has 0 aliphatic carbocycles. The maximum Gasteiger partial charge on any atom is 0.341 e. The quantitative estimate of drug-likeness (QED) is 0.642. The first-order valence-corrected chi connectivity index (χ1v) is 6.82. The maximum absolute atomic E-state index is 12.5. The number of imide groups is 1. The summed E-state index contributed by atoms with van der Waals surface area (Å²) < 4.78 is 9.84. The van der Waals surface area contributed by atoms with E-state index in [1.54, 1.807) is 24.3 Å². The van der Waals surface area contributed by atoms with Gasteiger partial charge < -0.3 is 9.47 Å². The molecule has 2 aromatic carbocycles. The van der Waals surface area contributed by atoms with E-state index in [9.17, 15) is 14.4 Å². The zero-order chi connectivity index (χ0) is 16.6. The van der Waals surface area contributed by atoms with Crippen LogP contribution >= 0.6 is 0 Å². The summed E-state index contributed by atoms with van der Waals surface area (Å²) in [6.07, 6.45) is 0. The van der Waals surface area contributed by atoms with Crippen molar-refractivity contribution in [3.8, 4) is 5.75 Å². The number of anilines is 1. The maximum atomic E-state index is 12.5. The average molecular weight is 311 g/mol. The number of hydrogen-bond donors (Lipinski definition) is 0. The molecule has 1 aliphatic heterocycles. The van der Waals surface area contributed by atoms with Gasteiger partial charge in [-0.2, -0.15) is 0 Å². The molecule has 116 valence electrons. The van der Waals surface area contributed by atoms with Gasteiger partial charge in [0.05, 0.1) is 31.0 Å². The molecular formula is C17H13NO5. The number of rotatable bonds is 3. The van der Waals surface area contributed by atoms with Gasteiger partial charge in [-0.05, 0) is 24.3 Å². The molecule has 0 saturated carbocycles. The van der Waals surface area contributed by atoms with Gasteiger partial charge in [0.25, 0.3) is 11.8 Å². The normalized spacial score (nSPS) is 13.0. The smallest absolute Gasteiger partial charge is 0.341 e. The molecule has 0 bridgehead atoms. The van der Waals surface area contributed by atoms with Crippen LogP contribution in [0.1, 0.15) is 31.1 Å². The third-order valence-corrected chi connectivity index (χ3v) is 3.64. The highest BCUT2D eigenvalue weighted by molar-refractivity contribution is 6.34. The summed E-state index contributed by atoms with van der Waals surface area (Å²) in [4.78, 5) is 37.7. The third kappa shape index (κ3) is 2.24. The molecule has 0 unspecified atom stereocenters. The van der Waals surface area contributed by atoms with Crippen LogP contribution in [0, 0.1) is 0 Å². The molecule has 2 aromatic rings. The number of carbonyl (C=O) groups excluding carboxylic acids is 3. The summed E-state index contributed by atoms with van der Waals surface area (Å²) in [5, 5.41) is 0. The molecule has 0 saturated heterocycles. The van der Waals surface area contributed by atoms with E-state index >= 15 is 0 Å². The highest BCUT2D eigenvalue weighted by atomic mass is 16.5. The molecular weight excluding hydrogens is 298 g/mol. The van der Waals surface area contributed by atoms with Gasteiger partial charge in [0.1, 0.15) is 11.3 Å². The number of amides is 2. The minimum atomic E-state index is -0.559. The first-order valence-electron chi connectivity index (χ1n) is 6.82. The lowest BCUT2D eigenvalue weighted by Gasteiger charge is -2.16. The summed E-state index contributed by atoms with van der Waals surface area (Å²) in [7, 11) is 2.66. The fourth-order valence-corrected chi connectivity index (χ4v) is 2.52. The van der Waals surface area contributed by atoms with Crippen LogP contribution in [-0.4, -0.2) is 32.0 Å².